The smallest absolute Gasteiger partial charge is 0.224 e. The molecule has 1 unspecified atom stereocenters. The number of nitrogens with zero attached hydrogens (tertiary/aromatic N) is 5. The normalized spacial score (nSPS) is 16.4. The van der Waals surface area contributed by atoms with Crippen LogP contribution >= 0.6 is 11.6 Å². The highest BCUT2D eigenvalue weighted by atomic mass is 35.5. The number of fused-ring (bicyclic) bond motifs is 1. The van der Waals surface area contributed by atoms with E-state index in [9.17, 15) is 0 Å². The maximum absolute atomic E-state index is 6.05. The topological polar surface area (TPSA) is 58.9 Å². The van der Waals surface area contributed by atoms with Crippen molar-refractivity contribution in [2.24, 2.45) is 7.05 Å². The Kier molecular flexibility index (Phi) is 4.55. The first-order chi connectivity index (χ1) is 12.2. The summed E-state index contributed by atoms with van der Waals surface area (Å²) in [5.74, 6) is 0.634. The van der Waals surface area contributed by atoms with Gasteiger partial charge in [-0.1, -0.05) is 23.7 Å². The number of hydrogen-bond donors (Lipinski definition) is 1. The van der Waals surface area contributed by atoms with E-state index in [2.05, 4.69) is 37.3 Å². The van der Waals surface area contributed by atoms with Gasteiger partial charge in [0.15, 0.2) is 5.65 Å². The molecule has 130 valence electrons. The van der Waals surface area contributed by atoms with E-state index in [1.165, 1.54) is 18.4 Å². The van der Waals surface area contributed by atoms with Crippen molar-refractivity contribution in [3.8, 4) is 0 Å². The number of rotatable bonds is 5. The molecule has 1 saturated heterocycles. The van der Waals surface area contributed by atoms with Gasteiger partial charge in [-0.05, 0) is 43.6 Å². The van der Waals surface area contributed by atoms with Gasteiger partial charge in [0.1, 0.15) is 5.52 Å². The largest absolute Gasteiger partial charge is 0.352 e. The Labute approximate surface area is 151 Å². The number of likely N-dealkylation sites (tertiary alicyclic amines) is 1. The predicted octanol–water partition coefficient (Wildman–Crippen LogP) is 3.27. The second-order valence-corrected chi connectivity index (χ2v) is 6.89. The molecule has 0 radical (unpaired) electrons. The summed E-state index contributed by atoms with van der Waals surface area (Å²) < 4.78 is 1.90. The van der Waals surface area contributed by atoms with Gasteiger partial charge in [0.2, 0.25) is 5.95 Å². The first kappa shape index (κ1) is 16.3. The van der Waals surface area contributed by atoms with E-state index in [0.29, 0.717) is 5.95 Å². The lowest BCUT2D eigenvalue weighted by molar-refractivity contribution is 0.256. The molecule has 0 spiro atoms. The third-order valence-corrected chi connectivity index (χ3v) is 5.00. The van der Waals surface area contributed by atoms with Gasteiger partial charge in [0.05, 0.1) is 18.6 Å². The first-order valence-electron chi connectivity index (χ1n) is 8.58. The van der Waals surface area contributed by atoms with Gasteiger partial charge in [-0.15, -0.1) is 0 Å². The molecule has 25 heavy (non-hydrogen) atoms. The minimum absolute atomic E-state index is 0.283. The molecule has 3 aromatic rings. The average molecular weight is 357 g/mol. The standard InChI is InChI=1S/C18H21ClN6/c1-24-12-22-15-10-20-18(23-17(15)24)21-11-16(25-8-2-3-9-25)13-4-6-14(19)7-5-13/h4-7,10,12,16H,2-3,8-9,11H2,1H3,(H,20,21,23). The van der Waals surface area contributed by atoms with Crippen LogP contribution in [0.5, 0.6) is 0 Å². The number of imidazole rings is 1. The third kappa shape index (κ3) is 3.45. The van der Waals surface area contributed by atoms with Crippen molar-refractivity contribution in [1.29, 1.82) is 0 Å². The van der Waals surface area contributed by atoms with Crippen LogP contribution in [0.4, 0.5) is 5.95 Å². The fourth-order valence-electron chi connectivity index (χ4n) is 3.39. The minimum Gasteiger partial charge on any atom is -0.352 e. The Morgan fingerprint density at radius 3 is 2.68 bits per heavy atom. The predicted molar refractivity (Wildman–Crippen MR) is 99.8 cm³/mol. The Morgan fingerprint density at radius 2 is 1.92 bits per heavy atom. The van der Waals surface area contributed by atoms with Crippen LogP contribution in [0.3, 0.4) is 0 Å². The summed E-state index contributed by atoms with van der Waals surface area (Å²) in [6.45, 7) is 3.00. The van der Waals surface area contributed by atoms with E-state index in [0.717, 1.165) is 35.8 Å². The van der Waals surface area contributed by atoms with E-state index in [1.807, 2.05) is 23.7 Å². The lowest BCUT2D eigenvalue weighted by Crippen LogP contribution is -2.31. The molecule has 0 amide bonds. The Morgan fingerprint density at radius 1 is 1.16 bits per heavy atom. The summed E-state index contributed by atoms with van der Waals surface area (Å²) in [6.07, 6.45) is 6.02. The fourth-order valence-corrected chi connectivity index (χ4v) is 3.52. The quantitative estimate of drug-likeness (QED) is 0.760. The van der Waals surface area contributed by atoms with Crippen molar-refractivity contribution >= 4 is 28.7 Å². The van der Waals surface area contributed by atoms with Crippen LogP contribution < -0.4 is 5.32 Å². The monoisotopic (exact) mass is 356 g/mol. The van der Waals surface area contributed by atoms with Gasteiger partial charge in [0.25, 0.3) is 0 Å². The molecule has 2 aromatic heterocycles. The zero-order chi connectivity index (χ0) is 17.2. The van der Waals surface area contributed by atoms with Gasteiger partial charge in [-0.2, -0.15) is 4.98 Å². The number of nitrogens with one attached hydrogen (secondary N) is 1. The molecular weight excluding hydrogens is 336 g/mol. The molecule has 1 atom stereocenters. The van der Waals surface area contributed by atoms with E-state index in [4.69, 9.17) is 11.6 Å². The molecule has 1 fully saturated rings. The van der Waals surface area contributed by atoms with E-state index < -0.39 is 0 Å². The van der Waals surface area contributed by atoms with Gasteiger partial charge in [0, 0.05) is 18.6 Å². The van der Waals surface area contributed by atoms with Crippen LogP contribution in [-0.2, 0) is 7.05 Å². The van der Waals surface area contributed by atoms with Crippen molar-refractivity contribution in [3.05, 3.63) is 47.4 Å². The molecule has 0 bridgehead atoms. The Bertz CT molecular complexity index is 854. The zero-order valence-corrected chi connectivity index (χ0v) is 14.9. The highest BCUT2D eigenvalue weighted by Gasteiger charge is 2.23. The van der Waals surface area contributed by atoms with E-state index in [1.54, 1.807) is 12.5 Å². The summed E-state index contributed by atoms with van der Waals surface area (Å²) in [5, 5.41) is 4.17. The molecule has 7 heteroatoms. The molecule has 1 N–H and O–H groups in total. The van der Waals surface area contributed by atoms with E-state index in [-0.39, 0.29) is 6.04 Å². The van der Waals surface area contributed by atoms with Gasteiger partial charge in [-0.25, -0.2) is 9.97 Å². The van der Waals surface area contributed by atoms with Gasteiger partial charge >= 0.3 is 0 Å². The summed E-state index contributed by atoms with van der Waals surface area (Å²) in [6, 6.07) is 8.41. The Balaban J connectivity index is 1.55. The molecule has 1 aliphatic heterocycles. The van der Waals surface area contributed by atoms with Crippen LogP contribution in [0.25, 0.3) is 11.2 Å². The molecule has 3 heterocycles. The molecule has 6 nitrogen and oxygen atoms in total. The van der Waals surface area contributed by atoms with Crippen LogP contribution in [0, 0.1) is 0 Å². The molecule has 1 aliphatic rings. The van der Waals surface area contributed by atoms with Crippen LogP contribution in [0.15, 0.2) is 36.8 Å². The lowest BCUT2D eigenvalue weighted by atomic mass is 10.1. The van der Waals surface area contributed by atoms with Crippen LogP contribution in [-0.4, -0.2) is 44.1 Å². The molecule has 1 aromatic carbocycles. The van der Waals surface area contributed by atoms with Crippen LogP contribution in [0.2, 0.25) is 5.02 Å². The average Bonchev–Trinajstić information content (AvgIpc) is 3.27. The van der Waals surface area contributed by atoms with Gasteiger partial charge in [-0.3, -0.25) is 4.90 Å². The van der Waals surface area contributed by atoms with Crippen molar-refractivity contribution in [2.75, 3.05) is 25.0 Å². The maximum atomic E-state index is 6.05. The zero-order valence-electron chi connectivity index (χ0n) is 14.2. The summed E-state index contributed by atoms with van der Waals surface area (Å²) in [5.41, 5.74) is 2.91. The number of anilines is 1. The van der Waals surface area contributed by atoms with Crippen LogP contribution in [0.1, 0.15) is 24.4 Å². The van der Waals surface area contributed by atoms with Crippen molar-refractivity contribution in [1.82, 2.24) is 24.4 Å². The van der Waals surface area contributed by atoms with Gasteiger partial charge < -0.3 is 9.88 Å². The highest BCUT2D eigenvalue weighted by Crippen LogP contribution is 2.26. The molecular formula is C18H21ClN6. The minimum atomic E-state index is 0.283. The van der Waals surface area contributed by atoms with Crippen molar-refractivity contribution in [2.45, 2.75) is 18.9 Å². The SMILES string of the molecule is Cn1cnc2cnc(NCC(c3ccc(Cl)cc3)N3CCCC3)nc21. The third-order valence-electron chi connectivity index (χ3n) is 4.74. The second-order valence-electron chi connectivity index (χ2n) is 6.45. The van der Waals surface area contributed by atoms with Crippen molar-refractivity contribution in [3.63, 3.8) is 0 Å². The number of benzene rings is 1. The molecule has 0 saturated carbocycles. The molecule has 4 rings (SSSR count). The summed E-state index contributed by atoms with van der Waals surface area (Å²) in [4.78, 5) is 15.7. The summed E-state index contributed by atoms with van der Waals surface area (Å²) >= 11 is 6.05. The highest BCUT2D eigenvalue weighted by molar-refractivity contribution is 6.30. The maximum Gasteiger partial charge on any atom is 0.224 e. The lowest BCUT2D eigenvalue weighted by Gasteiger charge is -2.28. The fraction of sp³-hybridized carbons (Fsp3) is 0.389. The number of aromatic nitrogens is 4. The second kappa shape index (κ2) is 6.98. The first-order valence-corrected chi connectivity index (χ1v) is 8.96. The Hall–Kier alpha value is -2.18. The van der Waals surface area contributed by atoms with Crippen molar-refractivity contribution < 1.29 is 0 Å². The number of hydrogen-bond acceptors (Lipinski definition) is 5. The number of aryl methyl sites for hydroxylation is 1. The number of halogens is 1. The summed E-state index contributed by atoms with van der Waals surface area (Å²) in [7, 11) is 1.94. The van der Waals surface area contributed by atoms with E-state index >= 15 is 0 Å². The molecule has 0 aliphatic carbocycles.